The maximum atomic E-state index is 13.1. The summed E-state index contributed by atoms with van der Waals surface area (Å²) < 4.78 is 43.4. The third kappa shape index (κ3) is 5.35. The number of hydrogen-bond acceptors (Lipinski definition) is 8. The molecular formula is C17H29N4O7PS. The molecule has 0 aliphatic carbocycles. The van der Waals surface area contributed by atoms with Gasteiger partial charge in [0.2, 0.25) is 0 Å². The minimum absolute atomic E-state index is 0.0889. The standard InChI is InChI=1S/C17H29N4O7PS/c1-4-12(5-2)9-26-30(25)10-19-29(24)7-6-13-15(28-29)11(3)16(27-13)21-17(23)20-14(22)8-18-21/h8,11-13,15-16H,4-7,9-10H2,1-3H3,(H,19,24)(H,20,22,23)/t11-,13-,15+,16-,29?,30?/m1/s1. The topological polar surface area (TPSA) is 142 Å². The monoisotopic (exact) mass is 464 g/mol. The molecule has 170 valence electrons. The van der Waals surface area contributed by atoms with Crippen LogP contribution >= 0.6 is 7.52 Å². The van der Waals surface area contributed by atoms with E-state index >= 15 is 0 Å². The van der Waals surface area contributed by atoms with Gasteiger partial charge in [0.05, 0.1) is 18.8 Å². The van der Waals surface area contributed by atoms with Crippen molar-refractivity contribution in [3.63, 3.8) is 0 Å². The Balaban J connectivity index is 1.59. The number of hydrogen-bond donors (Lipinski definition) is 2. The molecule has 2 aliphatic heterocycles. The summed E-state index contributed by atoms with van der Waals surface area (Å²) in [6.45, 7) is 6.31. The molecule has 0 bridgehead atoms. The Kier molecular flexibility index (Phi) is 7.81. The molecular weight excluding hydrogens is 435 g/mol. The van der Waals surface area contributed by atoms with Gasteiger partial charge in [-0.05, 0) is 12.3 Å². The largest absolute Gasteiger partial charge is 0.350 e. The van der Waals surface area contributed by atoms with Gasteiger partial charge in [-0.15, -0.1) is 0 Å². The van der Waals surface area contributed by atoms with Crippen molar-refractivity contribution in [1.82, 2.24) is 19.9 Å². The van der Waals surface area contributed by atoms with Crippen molar-refractivity contribution >= 4 is 18.6 Å². The number of aromatic amines is 1. The lowest BCUT2D eigenvalue weighted by Crippen LogP contribution is -2.38. The van der Waals surface area contributed by atoms with Crippen LogP contribution in [0.3, 0.4) is 0 Å². The average Bonchev–Trinajstić information content (AvgIpc) is 3.03. The molecule has 2 unspecified atom stereocenters. The highest BCUT2D eigenvalue weighted by Crippen LogP contribution is 2.54. The first-order valence-corrected chi connectivity index (χ1v) is 13.2. The van der Waals surface area contributed by atoms with E-state index in [4.69, 9.17) is 13.4 Å². The van der Waals surface area contributed by atoms with Gasteiger partial charge >= 0.3 is 5.69 Å². The Labute approximate surface area is 177 Å². The maximum absolute atomic E-state index is 13.1. The summed E-state index contributed by atoms with van der Waals surface area (Å²) in [5, 5.41) is 6.64. The van der Waals surface area contributed by atoms with E-state index in [1.165, 1.54) is 0 Å². The second kappa shape index (κ2) is 9.97. The van der Waals surface area contributed by atoms with Gasteiger partial charge in [-0.2, -0.15) is 9.78 Å². The van der Waals surface area contributed by atoms with E-state index in [0.29, 0.717) is 18.9 Å². The minimum Gasteiger partial charge on any atom is -0.350 e. The lowest BCUT2D eigenvalue weighted by atomic mass is 10.0. The lowest BCUT2D eigenvalue weighted by Gasteiger charge is -2.32. The van der Waals surface area contributed by atoms with Crippen LogP contribution in [0.15, 0.2) is 15.8 Å². The van der Waals surface area contributed by atoms with Crippen LogP contribution in [0, 0.1) is 11.8 Å². The molecule has 2 N–H and O–H groups in total. The number of nitrogens with one attached hydrogen (secondary N) is 2. The minimum atomic E-state index is -3.24. The van der Waals surface area contributed by atoms with Crippen LogP contribution in [0.5, 0.6) is 0 Å². The summed E-state index contributed by atoms with van der Waals surface area (Å²) in [6.07, 6.45) is 1.93. The van der Waals surface area contributed by atoms with E-state index in [1.54, 1.807) is 6.92 Å². The molecule has 1 aromatic rings. The fourth-order valence-electron chi connectivity index (χ4n) is 3.65. The Morgan fingerprint density at radius 3 is 2.83 bits per heavy atom. The fraction of sp³-hybridized carbons (Fsp3) is 0.824. The highest BCUT2D eigenvalue weighted by molar-refractivity contribution is 7.80. The van der Waals surface area contributed by atoms with Crippen LogP contribution in [-0.4, -0.2) is 49.8 Å². The summed E-state index contributed by atoms with van der Waals surface area (Å²) in [6, 6.07) is 0. The van der Waals surface area contributed by atoms with Gasteiger partial charge in [0, 0.05) is 12.1 Å². The van der Waals surface area contributed by atoms with Gasteiger partial charge < -0.3 is 9.26 Å². The highest BCUT2D eigenvalue weighted by Gasteiger charge is 2.50. The molecule has 11 nitrogen and oxygen atoms in total. The smallest absolute Gasteiger partial charge is 0.347 e. The quantitative estimate of drug-likeness (QED) is 0.514. The number of fused-ring (bicyclic) bond motifs is 1. The number of H-pyrrole nitrogens is 1. The van der Waals surface area contributed by atoms with Crippen molar-refractivity contribution in [2.45, 2.75) is 58.5 Å². The zero-order chi connectivity index (χ0) is 21.9. The number of nitrogens with zero attached hydrogens (tertiary/aromatic N) is 2. The van der Waals surface area contributed by atoms with Crippen molar-refractivity contribution < 1.29 is 22.2 Å². The molecule has 2 fully saturated rings. The molecule has 0 radical (unpaired) electrons. The van der Waals surface area contributed by atoms with Gasteiger partial charge in [0.15, 0.2) is 17.3 Å². The molecule has 2 aliphatic rings. The van der Waals surface area contributed by atoms with Crippen molar-refractivity contribution in [1.29, 1.82) is 0 Å². The van der Waals surface area contributed by atoms with Crippen LogP contribution in [0.2, 0.25) is 0 Å². The molecule has 0 spiro atoms. The molecule has 0 amide bonds. The van der Waals surface area contributed by atoms with E-state index in [0.717, 1.165) is 23.7 Å². The van der Waals surface area contributed by atoms with Crippen LogP contribution in [-0.2, 0) is 29.1 Å². The van der Waals surface area contributed by atoms with E-state index in [1.807, 2.05) is 0 Å². The Morgan fingerprint density at radius 1 is 1.43 bits per heavy atom. The number of rotatable bonds is 9. The summed E-state index contributed by atoms with van der Waals surface area (Å²) >= 11 is -1.61. The van der Waals surface area contributed by atoms with Crippen LogP contribution in [0.1, 0.15) is 46.3 Å². The van der Waals surface area contributed by atoms with Crippen LogP contribution in [0.4, 0.5) is 0 Å². The maximum Gasteiger partial charge on any atom is 0.347 e. The first kappa shape index (κ1) is 23.5. The zero-order valence-electron chi connectivity index (χ0n) is 17.3. The molecule has 30 heavy (non-hydrogen) atoms. The predicted octanol–water partition coefficient (Wildman–Crippen LogP) is 1.11. The van der Waals surface area contributed by atoms with Crippen LogP contribution < -0.4 is 16.3 Å². The summed E-state index contributed by atoms with van der Waals surface area (Å²) in [5.41, 5.74) is -1.27. The van der Waals surface area contributed by atoms with E-state index in [2.05, 4.69) is 29.0 Å². The Hall–Kier alpha value is -1.17. The van der Waals surface area contributed by atoms with Crippen molar-refractivity contribution in [3.8, 4) is 0 Å². The second-order valence-electron chi connectivity index (χ2n) is 7.64. The second-order valence-corrected chi connectivity index (χ2v) is 11.1. The van der Waals surface area contributed by atoms with Gasteiger partial charge in [0.1, 0.15) is 12.1 Å². The molecule has 3 heterocycles. The molecule has 0 saturated carbocycles. The van der Waals surface area contributed by atoms with Crippen LogP contribution in [0.25, 0.3) is 0 Å². The zero-order valence-corrected chi connectivity index (χ0v) is 19.0. The van der Waals surface area contributed by atoms with Gasteiger partial charge in [-0.25, -0.2) is 14.1 Å². The lowest BCUT2D eigenvalue weighted by molar-refractivity contribution is -0.0333. The van der Waals surface area contributed by atoms with Gasteiger partial charge in [-0.3, -0.25) is 18.5 Å². The van der Waals surface area contributed by atoms with Gasteiger partial charge in [-0.1, -0.05) is 33.6 Å². The van der Waals surface area contributed by atoms with E-state index < -0.39 is 42.2 Å². The summed E-state index contributed by atoms with van der Waals surface area (Å²) in [7, 11) is -3.24. The third-order valence-corrected chi connectivity index (χ3v) is 8.70. The normalized spacial score (nSPS) is 32.3. The first-order chi connectivity index (χ1) is 14.3. The third-order valence-electron chi connectivity index (χ3n) is 5.64. The molecule has 13 heteroatoms. The Morgan fingerprint density at radius 2 is 2.17 bits per heavy atom. The van der Waals surface area contributed by atoms with Crippen molar-refractivity contribution in [2.24, 2.45) is 11.8 Å². The van der Waals surface area contributed by atoms with Gasteiger partial charge in [0.25, 0.3) is 13.1 Å². The molecule has 6 atom stereocenters. The molecule has 1 aromatic heterocycles. The number of ether oxygens (including phenoxy) is 1. The SMILES string of the molecule is CCC(CC)COS(=O)CNP1(=O)CC[C@H]2O[C@@H](n3ncc(=O)[nH]c3=O)[C@H](C)[C@@H]2O1. The molecule has 3 rings (SSSR count). The number of aromatic nitrogens is 3. The predicted molar refractivity (Wildman–Crippen MR) is 110 cm³/mol. The highest BCUT2D eigenvalue weighted by atomic mass is 32.2. The Bertz CT molecular complexity index is 918. The average molecular weight is 464 g/mol. The van der Waals surface area contributed by atoms with Crippen molar-refractivity contribution in [3.05, 3.63) is 27.0 Å². The van der Waals surface area contributed by atoms with Crippen molar-refractivity contribution in [2.75, 3.05) is 18.6 Å². The summed E-state index contributed by atoms with van der Waals surface area (Å²) in [5.74, 6) is -0.0813. The summed E-state index contributed by atoms with van der Waals surface area (Å²) in [4.78, 5) is 25.4. The molecule has 0 aromatic carbocycles. The fourth-order valence-corrected chi connectivity index (χ4v) is 6.94. The van der Waals surface area contributed by atoms with E-state index in [-0.39, 0.29) is 24.1 Å². The molecule has 2 saturated heterocycles. The first-order valence-electron chi connectivity index (χ1n) is 10.1. The van der Waals surface area contributed by atoms with E-state index in [9.17, 15) is 18.4 Å².